The number of methoxy groups -OCH3 is 1. The molecule has 2 N–H and O–H groups in total. The third-order valence-electron chi connectivity index (χ3n) is 3.70. The molecule has 0 aliphatic carbocycles. The van der Waals surface area contributed by atoms with Crippen molar-refractivity contribution in [3.05, 3.63) is 59.7 Å². The highest BCUT2D eigenvalue weighted by molar-refractivity contribution is 7.99. The summed E-state index contributed by atoms with van der Waals surface area (Å²) in [6.07, 6.45) is 0. The monoisotopic (exact) mass is 362 g/mol. The molecule has 0 spiro atoms. The van der Waals surface area contributed by atoms with Gasteiger partial charge in [0.1, 0.15) is 17.4 Å². The van der Waals surface area contributed by atoms with Crippen LogP contribution in [-0.4, -0.2) is 22.0 Å². The van der Waals surface area contributed by atoms with E-state index in [0.29, 0.717) is 27.9 Å². The largest absolute Gasteiger partial charge is 0.496 e. The number of para-hydroxylation sites is 1. The zero-order valence-corrected chi connectivity index (χ0v) is 14.4. The molecular weight excluding hydrogens is 346 g/mol. The average Bonchev–Trinajstić information content (AvgIpc) is 2.95. The van der Waals surface area contributed by atoms with E-state index >= 15 is 0 Å². The number of rotatable bonds is 5. The van der Waals surface area contributed by atoms with Crippen LogP contribution in [0.2, 0.25) is 0 Å². The average molecular weight is 362 g/mol. The second-order valence-corrected chi connectivity index (χ2v) is 6.61. The van der Waals surface area contributed by atoms with Crippen LogP contribution in [0, 0.1) is 11.6 Å². The fourth-order valence-electron chi connectivity index (χ4n) is 2.42. The van der Waals surface area contributed by atoms with Crippen LogP contribution in [0.4, 0.5) is 8.78 Å². The molecule has 0 amide bonds. The first-order valence-corrected chi connectivity index (χ1v) is 8.34. The van der Waals surface area contributed by atoms with Gasteiger partial charge < -0.3 is 10.6 Å². The molecule has 0 fully saturated rings. The van der Waals surface area contributed by atoms with Crippen LogP contribution in [0.15, 0.2) is 47.6 Å². The maximum atomic E-state index is 13.9. The molecule has 0 radical (unpaired) electrons. The van der Waals surface area contributed by atoms with Gasteiger partial charge in [-0.3, -0.25) is 0 Å². The van der Waals surface area contributed by atoms with Gasteiger partial charge in [0.2, 0.25) is 5.16 Å². The lowest BCUT2D eigenvalue weighted by Crippen LogP contribution is -2.12. The van der Waals surface area contributed by atoms with E-state index in [4.69, 9.17) is 10.6 Å². The van der Waals surface area contributed by atoms with E-state index < -0.39 is 11.6 Å². The molecule has 0 saturated carbocycles. The minimum Gasteiger partial charge on any atom is -0.496 e. The van der Waals surface area contributed by atoms with Crippen molar-refractivity contribution in [1.82, 2.24) is 14.9 Å². The van der Waals surface area contributed by atoms with Gasteiger partial charge in [-0.2, -0.15) is 0 Å². The second kappa shape index (κ2) is 7.10. The zero-order chi connectivity index (χ0) is 18.0. The van der Waals surface area contributed by atoms with Crippen LogP contribution in [0.25, 0.3) is 11.4 Å². The van der Waals surface area contributed by atoms with Crippen LogP contribution in [-0.2, 0) is 0 Å². The van der Waals surface area contributed by atoms with Crippen molar-refractivity contribution in [2.75, 3.05) is 13.0 Å². The number of ether oxygens (including phenoxy) is 1. The van der Waals surface area contributed by atoms with E-state index in [1.54, 1.807) is 20.1 Å². The molecule has 3 aromatic rings. The molecule has 0 saturated heterocycles. The first-order valence-electron chi connectivity index (χ1n) is 7.46. The second-order valence-electron chi connectivity index (χ2n) is 5.30. The summed E-state index contributed by atoms with van der Waals surface area (Å²) in [6.45, 7) is 1.79. The van der Waals surface area contributed by atoms with E-state index in [0.717, 1.165) is 6.07 Å². The Bertz CT molecular complexity index is 900. The Morgan fingerprint density at radius 2 is 1.92 bits per heavy atom. The Kier molecular flexibility index (Phi) is 4.89. The minimum absolute atomic E-state index is 0.322. The van der Waals surface area contributed by atoms with Crippen LogP contribution in [0.5, 0.6) is 5.75 Å². The molecule has 2 aromatic carbocycles. The number of hydrogen-bond acceptors (Lipinski definition) is 5. The molecule has 130 valence electrons. The highest BCUT2D eigenvalue weighted by Crippen LogP contribution is 2.36. The Labute approximate surface area is 147 Å². The first-order chi connectivity index (χ1) is 12.0. The normalized spacial score (nSPS) is 12.2. The Morgan fingerprint density at radius 1 is 1.16 bits per heavy atom. The molecule has 1 unspecified atom stereocenters. The first kappa shape index (κ1) is 17.2. The van der Waals surface area contributed by atoms with Gasteiger partial charge in [-0.15, -0.1) is 10.2 Å². The van der Waals surface area contributed by atoms with Gasteiger partial charge in [0.25, 0.3) is 0 Å². The number of nitrogens with two attached hydrogens (primary N) is 1. The molecule has 8 heteroatoms. The number of nitrogens with zero attached hydrogens (tertiary/aromatic N) is 3. The van der Waals surface area contributed by atoms with E-state index in [-0.39, 0.29) is 5.25 Å². The van der Waals surface area contributed by atoms with Gasteiger partial charge in [-0.1, -0.05) is 30.0 Å². The van der Waals surface area contributed by atoms with Gasteiger partial charge >= 0.3 is 0 Å². The number of halogens is 2. The molecule has 0 bridgehead atoms. The van der Waals surface area contributed by atoms with Gasteiger partial charge in [0.05, 0.1) is 12.7 Å². The summed E-state index contributed by atoms with van der Waals surface area (Å²) in [5.74, 6) is 5.95. The maximum absolute atomic E-state index is 13.9. The summed E-state index contributed by atoms with van der Waals surface area (Å²) >= 11 is 1.23. The lowest BCUT2D eigenvalue weighted by molar-refractivity contribution is 0.416. The van der Waals surface area contributed by atoms with Crippen molar-refractivity contribution in [1.29, 1.82) is 0 Å². The predicted molar refractivity (Wildman–Crippen MR) is 92.8 cm³/mol. The van der Waals surface area contributed by atoms with Crippen LogP contribution in [0.1, 0.15) is 17.7 Å². The highest BCUT2D eigenvalue weighted by atomic mass is 32.2. The van der Waals surface area contributed by atoms with E-state index in [2.05, 4.69) is 10.2 Å². The van der Waals surface area contributed by atoms with Crippen molar-refractivity contribution in [2.24, 2.45) is 0 Å². The zero-order valence-electron chi connectivity index (χ0n) is 13.6. The summed E-state index contributed by atoms with van der Waals surface area (Å²) < 4.78 is 33.6. The van der Waals surface area contributed by atoms with Gasteiger partial charge in [-0.25, -0.2) is 13.5 Å². The Hall–Kier alpha value is -2.61. The highest BCUT2D eigenvalue weighted by Gasteiger charge is 2.20. The molecule has 1 atom stereocenters. The number of benzene rings is 2. The van der Waals surface area contributed by atoms with Crippen LogP contribution < -0.4 is 10.6 Å². The number of nitrogen functional groups attached to an aromatic ring is 1. The lowest BCUT2D eigenvalue weighted by Gasteiger charge is -2.12. The SMILES string of the molecule is COc1ccccc1-c1nnc(SC(C)c2ccc(F)cc2F)n1N. The third-order valence-corrected chi connectivity index (χ3v) is 4.79. The lowest BCUT2D eigenvalue weighted by atomic mass is 10.1. The predicted octanol–water partition coefficient (Wildman–Crippen LogP) is 3.80. The molecule has 1 heterocycles. The summed E-state index contributed by atoms with van der Waals surface area (Å²) in [5.41, 5.74) is 1.07. The fourth-order valence-corrected chi connectivity index (χ4v) is 3.35. The van der Waals surface area contributed by atoms with Crippen molar-refractivity contribution in [3.8, 4) is 17.1 Å². The van der Waals surface area contributed by atoms with Crippen molar-refractivity contribution in [2.45, 2.75) is 17.3 Å². The standard InChI is InChI=1S/C17H16F2N4OS/c1-10(12-8-7-11(18)9-14(12)19)25-17-22-21-16(23(17)20)13-5-3-4-6-15(13)24-2/h3-10H,20H2,1-2H3. The summed E-state index contributed by atoms with van der Waals surface area (Å²) in [4.78, 5) is 0. The number of thioether (sulfide) groups is 1. The number of hydrogen-bond donors (Lipinski definition) is 1. The van der Waals surface area contributed by atoms with Gasteiger partial charge in [0.15, 0.2) is 5.82 Å². The Morgan fingerprint density at radius 3 is 2.64 bits per heavy atom. The van der Waals surface area contributed by atoms with Crippen molar-refractivity contribution in [3.63, 3.8) is 0 Å². The van der Waals surface area contributed by atoms with Gasteiger partial charge in [-0.05, 0) is 25.1 Å². The van der Waals surface area contributed by atoms with Gasteiger partial charge in [0, 0.05) is 16.9 Å². The van der Waals surface area contributed by atoms with Crippen LogP contribution >= 0.6 is 11.8 Å². The van der Waals surface area contributed by atoms with E-state index in [1.807, 2.05) is 18.2 Å². The smallest absolute Gasteiger partial charge is 0.210 e. The molecular formula is C17H16F2N4OS. The fraction of sp³-hybridized carbons (Fsp3) is 0.176. The number of aromatic nitrogens is 3. The summed E-state index contributed by atoms with van der Waals surface area (Å²) in [5, 5.41) is 8.28. The van der Waals surface area contributed by atoms with Crippen molar-refractivity contribution >= 4 is 11.8 Å². The molecule has 5 nitrogen and oxygen atoms in total. The van der Waals surface area contributed by atoms with Crippen LogP contribution in [0.3, 0.4) is 0 Å². The molecule has 1 aromatic heterocycles. The molecule has 0 aliphatic heterocycles. The minimum atomic E-state index is -0.612. The third kappa shape index (κ3) is 3.43. The van der Waals surface area contributed by atoms with Crippen molar-refractivity contribution < 1.29 is 13.5 Å². The molecule has 3 rings (SSSR count). The molecule has 0 aliphatic rings. The quantitative estimate of drug-likeness (QED) is 0.552. The molecule has 25 heavy (non-hydrogen) atoms. The summed E-state index contributed by atoms with van der Waals surface area (Å²) in [7, 11) is 1.56. The van der Waals surface area contributed by atoms with E-state index in [9.17, 15) is 8.78 Å². The Balaban J connectivity index is 1.89. The maximum Gasteiger partial charge on any atom is 0.210 e. The topological polar surface area (TPSA) is 66.0 Å². The summed E-state index contributed by atoms with van der Waals surface area (Å²) in [6, 6.07) is 10.8. The van der Waals surface area contributed by atoms with E-state index in [1.165, 1.54) is 28.6 Å².